The average molecular weight is 412 g/mol. The second-order valence-electron chi connectivity index (χ2n) is 7.99. The third kappa shape index (κ3) is 3.07. The first-order valence-electron chi connectivity index (χ1n) is 9.28. The van der Waals surface area contributed by atoms with Crippen LogP contribution in [0.25, 0.3) is 21.9 Å². The van der Waals surface area contributed by atoms with E-state index in [4.69, 9.17) is 4.42 Å². The minimum absolute atomic E-state index is 0.0300. The maximum absolute atomic E-state index is 13.2. The predicted molar refractivity (Wildman–Crippen MR) is 114 cm³/mol. The second-order valence-corrected chi connectivity index (χ2v) is 7.99. The van der Waals surface area contributed by atoms with Gasteiger partial charge in [-0.2, -0.15) is 0 Å². The number of rotatable bonds is 5. The van der Waals surface area contributed by atoms with Gasteiger partial charge in [-0.3, -0.25) is 4.79 Å². The number of hydrogen-bond acceptors (Lipinski definition) is 7. The predicted octanol–water partition coefficient (Wildman–Crippen LogP) is 3.71. The van der Waals surface area contributed by atoms with Gasteiger partial charge in [0, 0.05) is 23.0 Å². The fourth-order valence-electron chi connectivity index (χ4n) is 3.41. The van der Waals surface area contributed by atoms with Gasteiger partial charge in [0.25, 0.3) is 0 Å². The molecule has 0 unspecified atom stereocenters. The van der Waals surface area contributed by atoms with Crippen molar-refractivity contribution in [1.82, 2.24) is 0 Å². The molecule has 7 heteroatoms. The van der Waals surface area contributed by atoms with E-state index in [1.165, 1.54) is 12.1 Å². The fraction of sp³-hybridized carbons (Fsp3) is 0.261. The van der Waals surface area contributed by atoms with Gasteiger partial charge in [0.1, 0.15) is 22.5 Å². The van der Waals surface area contributed by atoms with Crippen LogP contribution in [0.2, 0.25) is 0 Å². The summed E-state index contributed by atoms with van der Waals surface area (Å²) in [6, 6.07) is 2.40. The highest BCUT2D eigenvalue weighted by molar-refractivity contribution is 5.99. The quantitative estimate of drug-likeness (QED) is 0.245. The lowest BCUT2D eigenvalue weighted by Gasteiger charge is -2.26. The first-order valence-corrected chi connectivity index (χ1v) is 9.28. The molecule has 3 rings (SSSR count). The number of aliphatic hydroxyl groups excluding tert-OH is 1. The molecule has 2 aromatic carbocycles. The van der Waals surface area contributed by atoms with Gasteiger partial charge < -0.3 is 29.9 Å². The lowest BCUT2D eigenvalue weighted by Crippen LogP contribution is -2.18. The molecule has 0 spiro atoms. The van der Waals surface area contributed by atoms with Crippen molar-refractivity contribution >= 4 is 21.9 Å². The van der Waals surface area contributed by atoms with Gasteiger partial charge in [0.15, 0.2) is 11.3 Å². The summed E-state index contributed by atoms with van der Waals surface area (Å²) in [6.45, 7) is 12.5. The van der Waals surface area contributed by atoms with Crippen molar-refractivity contribution in [2.45, 2.75) is 38.7 Å². The Morgan fingerprint density at radius 3 is 2.33 bits per heavy atom. The van der Waals surface area contributed by atoms with Gasteiger partial charge in [0.2, 0.25) is 11.2 Å². The first-order chi connectivity index (χ1) is 13.9. The Hall–Kier alpha value is -3.45. The summed E-state index contributed by atoms with van der Waals surface area (Å²) in [5.41, 5.74) is -1.47. The molecule has 0 fully saturated rings. The molecule has 158 valence electrons. The Balaban J connectivity index is 2.60. The van der Waals surface area contributed by atoms with E-state index < -0.39 is 34.2 Å². The van der Waals surface area contributed by atoms with Crippen LogP contribution in [0.3, 0.4) is 0 Å². The maximum Gasteiger partial charge on any atom is 0.204 e. The molecule has 1 aromatic heterocycles. The van der Waals surface area contributed by atoms with Crippen molar-refractivity contribution in [3.8, 4) is 23.0 Å². The smallest absolute Gasteiger partial charge is 0.204 e. The molecule has 5 N–H and O–H groups in total. The van der Waals surface area contributed by atoms with E-state index >= 15 is 0 Å². The zero-order valence-corrected chi connectivity index (χ0v) is 17.0. The molecule has 1 heterocycles. The Kier molecular flexibility index (Phi) is 5.04. The third-order valence-corrected chi connectivity index (χ3v) is 5.41. The normalized spacial score (nSPS) is 12.9. The summed E-state index contributed by atoms with van der Waals surface area (Å²) in [5, 5.41) is 51.9. The molecule has 0 bridgehead atoms. The highest BCUT2D eigenvalue weighted by atomic mass is 16.4. The molecule has 0 aliphatic rings. The highest BCUT2D eigenvalue weighted by Crippen LogP contribution is 2.47. The summed E-state index contributed by atoms with van der Waals surface area (Å²) in [6.07, 6.45) is 0.290. The number of fused-ring (bicyclic) bond motifs is 2. The Bertz CT molecular complexity index is 1260. The molecular weight excluding hydrogens is 388 g/mol. The summed E-state index contributed by atoms with van der Waals surface area (Å²) >= 11 is 0. The fourth-order valence-corrected chi connectivity index (χ4v) is 3.41. The van der Waals surface area contributed by atoms with E-state index in [0.717, 1.165) is 6.07 Å². The molecule has 0 aliphatic heterocycles. The Labute approximate surface area is 172 Å². The van der Waals surface area contributed by atoms with E-state index in [2.05, 4.69) is 13.2 Å². The SMILES string of the molecule is C=CC(C)(C)c1c(O)c(C[C@H](O)C(=C)C)c(O)c2c(=O)c3ccc(O)c(O)c3oc12. The number of allylic oxidation sites excluding steroid dienone is 1. The number of aliphatic hydroxyl groups is 1. The van der Waals surface area contributed by atoms with E-state index in [1.807, 2.05) is 0 Å². The number of hydrogen-bond donors (Lipinski definition) is 5. The van der Waals surface area contributed by atoms with Gasteiger partial charge in [-0.05, 0) is 19.1 Å². The third-order valence-electron chi connectivity index (χ3n) is 5.41. The average Bonchev–Trinajstić information content (AvgIpc) is 2.67. The van der Waals surface area contributed by atoms with Gasteiger partial charge in [0.05, 0.1) is 11.5 Å². The Morgan fingerprint density at radius 1 is 1.13 bits per heavy atom. The minimum Gasteiger partial charge on any atom is -0.507 e. The number of benzene rings is 2. The molecule has 0 saturated heterocycles. The van der Waals surface area contributed by atoms with E-state index in [1.54, 1.807) is 20.8 Å². The number of phenols is 4. The number of phenolic OH excluding ortho intramolecular Hbond substituents is 4. The van der Waals surface area contributed by atoms with Crippen LogP contribution in [0.4, 0.5) is 0 Å². The van der Waals surface area contributed by atoms with E-state index in [-0.39, 0.29) is 45.2 Å². The van der Waals surface area contributed by atoms with Gasteiger partial charge in [-0.25, -0.2) is 0 Å². The van der Waals surface area contributed by atoms with Crippen molar-refractivity contribution in [3.05, 3.63) is 58.3 Å². The summed E-state index contributed by atoms with van der Waals surface area (Å²) in [5.74, 6) is -2.01. The molecule has 0 aliphatic carbocycles. The zero-order valence-electron chi connectivity index (χ0n) is 17.0. The zero-order chi connectivity index (χ0) is 22.5. The van der Waals surface area contributed by atoms with E-state index in [9.17, 15) is 30.3 Å². The van der Waals surface area contributed by atoms with Crippen LogP contribution in [0.5, 0.6) is 23.0 Å². The van der Waals surface area contributed by atoms with Crippen LogP contribution in [0.15, 0.2) is 46.2 Å². The van der Waals surface area contributed by atoms with Crippen molar-refractivity contribution in [1.29, 1.82) is 0 Å². The van der Waals surface area contributed by atoms with Gasteiger partial charge in [-0.15, -0.1) is 6.58 Å². The summed E-state index contributed by atoms with van der Waals surface area (Å²) in [7, 11) is 0. The van der Waals surface area contributed by atoms with E-state index in [0.29, 0.717) is 5.57 Å². The van der Waals surface area contributed by atoms with Crippen LogP contribution in [-0.2, 0) is 11.8 Å². The van der Waals surface area contributed by atoms with Gasteiger partial charge in [-0.1, -0.05) is 32.1 Å². The minimum atomic E-state index is -1.06. The van der Waals surface area contributed by atoms with Crippen LogP contribution >= 0.6 is 0 Å². The van der Waals surface area contributed by atoms with Crippen molar-refractivity contribution in [3.63, 3.8) is 0 Å². The topological polar surface area (TPSA) is 131 Å². The van der Waals surface area contributed by atoms with Crippen LogP contribution in [0.1, 0.15) is 31.9 Å². The molecule has 0 radical (unpaired) electrons. The van der Waals surface area contributed by atoms with Crippen molar-refractivity contribution in [2.24, 2.45) is 0 Å². The number of aromatic hydroxyl groups is 4. The lowest BCUT2D eigenvalue weighted by atomic mass is 9.80. The largest absolute Gasteiger partial charge is 0.507 e. The first kappa shape index (κ1) is 21.3. The second kappa shape index (κ2) is 7.11. The standard InChI is InChI=1S/C23H24O7/c1-6-23(4,5)16-19(28)12(9-14(25)10(2)3)18(27)15-17(26)11-7-8-13(24)20(29)21(11)30-22(15)16/h6-8,14,24-25,27-29H,1-2,9H2,3-5H3/t14-/m0/s1. The molecule has 30 heavy (non-hydrogen) atoms. The summed E-state index contributed by atoms with van der Waals surface area (Å²) in [4.78, 5) is 13.2. The van der Waals surface area contributed by atoms with Crippen LogP contribution in [-0.4, -0.2) is 31.6 Å². The van der Waals surface area contributed by atoms with Gasteiger partial charge >= 0.3 is 0 Å². The Morgan fingerprint density at radius 2 is 1.77 bits per heavy atom. The van der Waals surface area contributed by atoms with Crippen LogP contribution in [0, 0.1) is 0 Å². The molecule has 0 amide bonds. The monoisotopic (exact) mass is 412 g/mol. The molecule has 0 saturated carbocycles. The maximum atomic E-state index is 13.2. The van der Waals surface area contributed by atoms with Crippen molar-refractivity contribution in [2.75, 3.05) is 0 Å². The summed E-state index contributed by atoms with van der Waals surface area (Å²) < 4.78 is 5.77. The molecule has 7 nitrogen and oxygen atoms in total. The highest BCUT2D eigenvalue weighted by Gasteiger charge is 2.32. The van der Waals surface area contributed by atoms with Crippen molar-refractivity contribution < 1.29 is 29.9 Å². The molecular formula is C23H24O7. The van der Waals surface area contributed by atoms with Crippen LogP contribution < -0.4 is 5.43 Å². The molecule has 3 aromatic rings. The lowest BCUT2D eigenvalue weighted by molar-refractivity contribution is 0.209. The molecule has 1 atom stereocenters.